The molecule has 0 saturated heterocycles. The van der Waals surface area contributed by atoms with E-state index in [-0.39, 0.29) is 0 Å². The van der Waals surface area contributed by atoms with Gasteiger partial charge in [-0.3, -0.25) is 0 Å². The molecule has 2 nitrogen and oxygen atoms in total. The topological polar surface area (TPSA) is 40.5 Å². The largest absolute Gasteiger partial charge is 0.480 e. The summed E-state index contributed by atoms with van der Waals surface area (Å²) in [7, 11) is -1.27. The Bertz CT molecular complexity index is 128. The second kappa shape index (κ2) is 4.57. The first kappa shape index (κ1) is 8.82. The zero-order chi connectivity index (χ0) is 8.10. The van der Waals surface area contributed by atoms with Gasteiger partial charge in [-0.15, -0.1) is 0 Å². The van der Waals surface area contributed by atoms with Crippen LogP contribution in [0.15, 0.2) is 12.1 Å². The first-order valence-corrected chi connectivity index (χ1v) is 4.33. The number of rotatable bonds is 2. The molecule has 0 bridgehead atoms. The van der Waals surface area contributed by atoms with Crippen LogP contribution in [-0.4, -0.2) is 17.2 Å². The maximum atomic E-state index is 8.55. The fourth-order valence-electron chi connectivity index (χ4n) is 1.58. The van der Waals surface area contributed by atoms with Gasteiger partial charge in [-0.25, -0.2) is 0 Å². The minimum absolute atomic E-state index is 0.588. The molecule has 1 rings (SSSR count). The average molecular weight is 154 g/mol. The third-order valence-corrected chi connectivity index (χ3v) is 2.21. The van der Waals surface area contributed by atoms with E-state index in [1.807, 2.05) is 6.08 Å². The Hall–Kier alpha value is -0.275. The number of allylic oxidation sites excluding steroid dienone is 1. The number of hydrogen-bond donors (Lipinski definition) is 2. The molecule has 0 aromatic carbocycles. The molecule has 1 aliphatic carbocycles. The van der Waals surface area contributed by atoms with Crippen molar-refractivity contribution in [3.63, 3.8) is 0 Å². The van der Waals surface area contributed by atoms with Crippen LogP contribution in [0.1, 0.15) is 32.1 Å². The van der Waals surface area contributed by atoms with E-state index >= 15 is 0 Å². The van der Waals surface area contributed by atoms with Crippen molar-refractivity contribution in [1.82, 2.24) is 0 Å². The maximum Gasteiger partial charge on any atom is 0.480 e. The Morgan fingerprint density at radius 1 is 1.09 bits per heavy atom. The van der Waals surface area contributed by atoms with Crippen LogP contribution in [0, 0.1) is 5.92 Å². The first-order valence-electron chi connectivity index (χ1n) is 4.33. The summed E-state index contributed by atoms with van der Waals surface area (Å²) >= 11 is 0. The summed E-state index contributed by atoms with van der Waals surface area (Å²) in [6.07, 6.45) is 8.27. The van der Waals surface area contributed by atoms with Crippen LogP contribution in [0.5, 0.6) is 0 Å². The van der Waals surface area contributed by atoms with Crippen LogP contribution in [0.4, 0.5) is 0 Å². The highest BCUT2D eigenvalue weighted by Crippen LogP contribution is 2.24. The predicted octanol–water partition coefficient (Wildman–Crippen LogP) is 1.13. The van der Waals surface area contributed by atoms with E-state index in [4.69, 9.17) is 10.0 Å². The highest BCUT2D eigenvalue weighted by molar-refractivity contribution is 6.47. The minimum atomic E-state index is -1.27. The Balaban J connectivity index is 2.23. The van der Waals surface area contributed by atoms with Gasteiger partial charge in [-0.2, -0.15) is 0 Å². The summed E-state index contributed by atoms with van der Waals surface area (Å²) in [6, 6.07) is 0. The Kier molecular flexibility index (Phi) is 3.67. The second-order valence-corrected chi connectivity index (χ2v) is 3.20. The van der Waals surface area contributed by atoms with E-state index in [0.29, 0.717) is 5.92 Å². The summed E-state index contributed by atoms with van der Waals surface area (Å²) in [6.45, 7) is 0. The van der Waals surface area contributed by atoms with Gasteiger partial charge < -0.3 is 10.0 Å². The van der Waals surface area contributed by atoms with E-state index < -0.39 is 7.12 Å². The molecule has 0 unspecified atom stereocenters. The van der Waals surface area contributed by atoms with Gasteiger partial charge in [-0.05, 0) is 18.8 Å². The van der Waals surface area contributed by atoms with Crippen LogP contribution in [0.25, 0.3) is 0 Å². The molecule has 3 heteroatoms. The van der Waals surface area contributed by atoms with Gasteiger partial charge >= 0.3 is 7.12 Å². The van der Waals surface area contributed by atoms with Gasteiger partial charge in [0.1, 0.15) is 0 Å². The quantitative estimate of drug-likeness (QED) is 0.585. The van der Waals surface area contributed by atoms with Crippen molar-refractivity contribution in [2.75, 3.05) is 0 Å². The molecule has 0 aromatic heterocycles. The van der Waals surface area contributed by atoms with E-state index in [2.05, 4.69) is 0 Å². The lowest BCUT2D eigenvalue weighted by Crippen LogP contribution is -2.09. The molecule has 0 amide bonds. The summed E-state index contributed by atoms with van der Waals surface area (Å²) in [5.41, 5.74) is 0. The summed E-state index contributed by atoms with van der Waals surface area (Å²) in [5, 5.41) is 17.1. The highest BCUT2D eigenvalue weighted by atomic mass is 16.4. The third kappa shape index (κ3) is 3.58. The summed E-state index contributed by atoms with van der Waals surface area (Å²) in [5.74, 6) is 2.06. The fraction of sp³-hybridized carbons (Fsp3) is 0.750. The van der Waals surface area contributed by atoms with E-state index in [9.17, 15) is 0 Å². The minimum Gasteiger partial charge on any atom is -0.424 e. The zero-order valence-corrected chi connectivity index (χ0v) is 6.74. The van der Waals surface area contributed by atoms with Crippen LogP contribution in [0.3, 0.4) is 0 Å². The lowest BCUT2D eigenvalue weighted by atomic mass is 9.84. The van der Waals surface area contributed by atoms with Crippen molar-refractivity contribution in [3.05, 3.63) is 12.1 Å². The van der Waals surface area contributed by atoms with Crippen molar-refractivity contribution in [2.45, 2.75) is 32.1 Å². The molecule has 62 valence electrons. The SMILES string of the molecule is OB(O)/C=C\C1CCCCC1. The molecular formula is C8H15BO2. The number of hydrogen-bond acceptors (Lipinski definition) is 2. The second-order valence-electron chi connectivity index (χ2n) is 3.20. The van der Waals surface area contributed by atoms with Crippen molar-refractivity contribution in [3.8, 4) is 0 Å². The Labute approximate surface area is 68.1 Å². The predicted molar refractivity (Wildman–Crippen MR) is 45.9 cm³/mol. The Morgan fingerprint density at radius 3 is 2.27 bits per heavy atom. The smallest absolute Gasteiger partial charge is 0.424 e. The van der Waals surface area contributed by atoms with Crippen molar-refractivity contribution in [1.29, 1.82) is 0 Å². The monoisotopic (exact) mass is 154 g/mol. The molecule has 1 fully saturated rings. The normalized spacial score (nSPS) is 20.9. The molecule has 2 N–H and O–H groups in total. The van der Waals surface area contributed by atoms with Crippen molar-refractivity contribution in [2.24, 2.45) is 5.92 Å². The van der Waals surface area contributed by atoms with Gasteiger partial charge in [0.05, 0.1) is 0 Å². The molecule has 0 aliphatic heterocycles. The van der Waals surface area contributed by atoms with Crippen LogP contribution in [0.2, 0.25) is 0 Å². The maximum absolute atomic E-state index is 8.55. The summed E-state index contributed by atoms with van der Waals surface area (Å²) < 4.78 is 0. The highest BCUT2D eigenvalue weighted by Gasteiger charge is 2.10. The fourth-order valence-corrected chi connectivity index (χ4v) is 1.58. The zero-order valence-electron chi connectivity index (χ0n) is 6.74. The molecule has 0 atom stereocenters. The van der Waals surface area contributed by atoms with Gasteiger partial charge in [0.15, 0.2) is 0 Å². The molecule has 0 spiro atoms. The molecule has 0 aromatic rings. The first-order chi connectivity index (χ1) is 5.29. The lowest BCUT2D eigenvalue weighted by Gasteiger charge is -2.17. The van der Waals surface area contributed by atoms with E-state index in [1.54, 1.807) is 0 Å². The van der Waals surface area contributed by atoms with E-state index in [1.165, 1.54) is 38.1 Å². The van der Waals surface area contributed by atoms with E-state index in [0.717, 1.165) is 0 Å². The van der Waals surface area contributed by atoms with Gasteiger partial charge in [0.2, 0.25) is 0 Å². The summed E-state index contributed by atoms with van der Waals surface area (Å²) in [4.78, 5) is 0. The molecule has 1 aliphatic rings. The van der Waals surface area contributed by atoms with Crippen molar-refractivity contribution >= 4 is 7.12 Å². The third-order valence-electron chi connectivity index (χ3n) is 2.21. The molecule has 0 heterocycles. The standard InChI is InChI=1S/C8H15BO2/c10-9(11)7-6-8-4-2-1-3-5-8/h6-8,10-11H,1-5H2/b7-6-. The molecule has 0 radical (unpaired) electrons. The molecule has 1 saturated carbocycles. The Morgan fingerprint density at radius 2 is 1.73 bits per heavy atom. The van der Waals surface area contributed by atoms with Crippen LogP contribution < -0.4 is 0 Å². The average Bonchev–Trinajstić information content (AvgIpc) is 2.03. The van der Waals surface area contributed by atoms with Gasteiger partial charge in [0, 0.05) is 0 Å². The molecular weight excluding hydrogens is 139 g/mol. The molecule has 11 heavy (non-hydrogen) atoms. The van der Waals surface area contributed by atoms with Crippen molar-refractivity contribution < 1.29 is 10.0 Å². The van der Waals surface area contributed by atoms with Crippen LogP contribution in [-0.2, 0) is 0 Å². The van der Waals surface area contributed by atoms with Crippen LogP contribution >= 0.6 is 0 Å². The lowest BCUT2D eigenvalue weighted by molar-refractivity contribution is 0.411. The van der Waals surface area contributed by atoms with Gasteiger partial charge in [0.25, 0.3) is 0 Å². The van der Waals surface area contributed by atoms with Gasteiger partial charge in [-0.1, -0.05) is 31.3 Å².